The van der Waals surface area contributed by atoms with Gasteiger partial charge in [0, 0.05) is 11.8 Å². The first-order valence-electron chi connectivity index (χ1n) is 7.19. The minimum Gasteiger partial charge on any atom is -0.299 e. The van der Waals surface area contributed by atoms with Gasteiger partial charge in [-0.15, -0.1) is 0 Å². The molecule has 0 aromatic heterocycles. The van der Waals surface area contributed by atoms with Gasteiger partial charge < -0.3 is 0 Å². The molecule has 1 nitrogen and oxygen atoms in total. The normalized spacial score (nSPS) is 52.2. The molecule has 0 heterocycles. The summed E-state index contributed by atoms with van der Waals surface area (Å²) in [4.78, 5) is 11.8. The van der Waals surface area contributed by atoms with Crippen LogP contribution in [0.1, 0.15) is 52.4 Å². The van der Waals surface area contributed by atoms with Crippen LogP contribution in [0.5, 0.6) is 0 Å². The molecule has 6 atom stereocenters. The van der Waals surface area contributed by atoms with E-state index in [1.165, 1.54) is 38.5 Å². The van der Waals surface area contributed by atoms with Gasteiger partial charge in [-0.1, -0.05) is 20.3 Å². The van der Waals surface area contributed by atoms with Crippen molar-refractivity contribution in [2.24, 2.45) is 35.5 Å². The maximum Gasteiger partial charge on any atom is 0.138 e. The molecule has 3 saturated carbocycles. The summed E-state index contributed by atoms with van der Waals surface area (Å²) in [5.41, 5.74) is 0. The van der Waals surface area contributed by atoms with Crippen molar-refractivity contribution in [1.82, 2.24) is 0 Å². The fourth-order valence-corrected chi connectivity index (χ4v) is 4.94. The Bertz CT molecular complexity index is 282. The lowest BCUT2D eigenvalue weighted by Crippen LogP contribution is -2.34. The SMILES string of the molecule is C[C@@H]1CC([C@@H]2C[C@@H]3CC[C@@H]2C3)C[C@H](C)C1=O. The summed E-state index contributed by atoms with van der Waals surface area (Å²) < 4.78 is 0. The molecule has 3 aliphatic carbocycles. The van der Waals surface area contributed by atoms with Crippen LogP contribution in [-0.2, 0) is 4.79 Å². The Kier molecular flexibility index (Phi) is 2.60. The zero-order valence-electron chi connectivity index (χ0n) is 10.6. The van der Waals surface area contributed by atoms with Crippen molar-refractivity contribution in [1.29, 1.82) is 0 Å². The predicted molar refractivity (Wildman–Crippen MR) is 65.0 cm³/mol. The van der Waals surface area contributed by atoms with Gasteiger partial charge >= 0.3 is 0 Å². The molecular weight excluding hydrogens is 196 g/mol. The molecule has 0 aromatic rings. The van der Waals surface area contributed by atoms with Crippen molar-refractivity contribution in [3.63, 3.8) is 0 Å². The van der Waals surface area contributed by atoms with E-state index < -0.39 is 0 Å². The highest BCUT2D eigenvalue weighted by Crippen LogP contribution is 2.54. The van der Waals surface area contributed by atoms with Crippen molar-refractivity contribution in [3.8, 4) is 0 Å². The smallest absolute Gasteiger partial charge is 0.138 e. The zero-order chi connectivity index (χ0) is 11.3. The zero-order valence-corrected chi connectivity index (χ0v) is 10.6. The first-order valence-corrected chi connectivity index (χ1v) is 7.19. The summed E-state index contributed by atoms with van der Waals surface area (Å²) >= 11 is 0. The third kappa shape index (κ3) is 1.63. The number of ketones is 1. The fraction of sp³-hybridized carbons (Fsp3) is 0.933. The Morgan fingerprint density at radius 1 is 0.875 bits per heavy atom. The lowest BCUT2D eigenvalue weighted by atomic mass is 9.67. The van der Waals surface area contributed by atoms with Crippen molar-refractivity contribution in [2.75, 3.05) is 0 Å². The maximum atomic E-state index is 11.8. The van der Waals surface area contributed by atoms with E-state index >= 15 is 0 Å². The average molecular weight is 220 g/mol. The summed E-state index contributed by atoms with van der Waals surface area (Å²) in [6.07, 6.45) is 8.37. The van der Waals surface area contributed by atoms with E-state index in [0.29, 0.717) is 17.6 Å². The van der Waals surface area contributed by atoms with Gasteiger partial charge in [0.15, 0.2) is 0 Å². The van der Waals surface area contributed by atoms with E-state index in [1.807, 2.05) is 0 Å². The first-order chi connectivity index (χ1) is 7.65. The van der Waals surface area contributed by atoms with Gasteiger partial charge in [0.05, 0.1) is 0 Å². The van der Waals surface area contributed by atoms with Gasteiger partial charge in [0.1, 0.15) is 5.78 Å². The molecule has 0 saturated heterocycles. The largest absolute Gasteiger partial charge is 0.299 e. The number of carbonyl (C=O) groups is 1. The molecule has 0 amide bonds. The van der Waals surface area contributed by atoms with E-state index in [1.54, 1.807) is 0 Å². The van der Waals surface area contributed by atoms with Crippen LogP contribution in [0.4, 0.5) is 0 Å². The number of hydrogen-bond acceptors (Lipinski definition) is 1. The molecule has 3 aliphatic rings. The Balaban J connectivity index is 1.69. The van der Waals surface area contributed by atoms with Crippen LogP contribution < -0.4 is 0 Å². The van der Waals surface area contributed by atoms with Crippen LogP contribution in [0, 0.1) is 35.5 Å². The molecule has 3 rings (SSSR count). The van der Waals surface area contributed by atoms with Gasteiger partial charge in [0.2, 0.25) is 0 Å². The average Bonchev–Trinajstić information content (AvgIpc) is 2.86. The molecule has 1 heteroatoms. The minimum atomic E-state index is 0.341. The maximum absolute atomic E-state index is 11.8. The second-order valence-electron chi connectivity index (χ2n) is 6.77. The van der Waals surface area contributed by atoms with Crippen LogP contribution in [0.3, 0.4) is 0 Å². The van der Waals surface area contributed by atoms with Crippen LogP contribution in [0.15, 0.2) is 0 Å². The molecule has 0 N–H and O–H groups in total. The Labute approximate surface area is 99.0 Å². The molecular formula is C15H24O. The standard InChI is InChI=1S/C15H24O/c1-9-5-13(6-10(2)15(9)16)14-8-11-3-4-12(14)7-11/h9-14H,3-8H2,1-2H3/t9-,10+,11-,12-,13?,14-/m1/s1. The summed E-state index contributed by atoms with van der Waals surface area (Å²) in [5.74, 6) is 5.15. The van der Waals surface area contributed by atoms with E-state index in [2.05, 4.69) is 13.8 Å². The van der Waals surface area contributed by atoms with Crippen molar-refractivity contribution in [3.05, 3.63) is 0 Å². The molecule has 3 fully saturated rings. The van der Waals surface area contributed by atoms with E-state index in [0.717, 1.165) is 23.7 Å². The number of rotatable bonds is 1. The van der Waals surface area contributed by atoms with Gasteiger partial charge in [-0.2, -0.15) is 0 Å². The Morgan fingerprint density at radius 3 is 2.06 bits per heavy atom. The third-order valence-corrected chi connectivity index (χ3v) is 5.68. The lowest BCUT2D eigenvalue weighted by Gasteiger charge is -2.37. The molecule has 0 radical (unpaired) electrons. The second-order valence-corrected chi connectivity index (χ2v) is 6.77. The highest BCUT2D eigenvalue weighted by Gasteiger charge is 2.45. The molecule has 2 bridgehead atoms. The monoisotopic (exact) mass is 220 g/mol. The second kappa shape index (κ2) is 3.85. The molecule has 0 spiro atoms. The topological polar surface area (TPSA) is 17.1 Å². The minimum absolute atomic E-state index is 0.341. The lowest BCUT2D eigenvalue weighted by molar-refractivity contribution is -0.130. The highest BCUT2D eigenvalue weighted by atomic mass is 16.1. The van der Waals surface area contributed by atoms with Gasteiger partial charge in [-0.05, 0) is 55.8 Å². The van der Waals surface area contributed by atoms with Gasteiger partial charge in [-0.3, -0.25) is 4.79 Å². The van der Waals surface area contributed by atoms with E-state index in [4.69, 9.17) is 0 Å². The molecule has 0 aliphatic heterocycles. The number of hydrogen-bond donors (Lipinski definition) is 0. The number of carbonyl (C=O) groups excluding carboxylic acids is 1. The quantitative estimate of drug-likeness (QED) is 0.659. The molecule has 0 aromatic carbocycles. The number of Topliss-reactive ketones (excluding diaryl/α,β-unsaturated/α-hetero) is 1. The predicted octanol–water partition coefficient (Wildman–Crippen LogP) is 3.67. The van der Waals surface area contributed by atoms with E-state index in [-0.39, 0.29) is 0 Å². The summed E-state index contributed by atoms with van der Waals surface area (Å²) in [5, 5.41) is 0. The summed E-state index contributed by atoms with van der Waals surface area (Å²) in [6.45, 7) is 4.30. The summed E-state index contributed by atoms with van der Waals surface area (Å²) in [6, 6.07) is 0. The van der Waals surface area contributed by atoms with Crippen LogP contribution in [0.25, 0.3) is 0 Å². The van der Waals surface area contributed by atoms with Gasteiger partial charge in [0.25, 0.3) is 0 Å². The van der Waals surface area contributed by atoms with Gasteiger partial charge in [-0.25, -0.2) is 0 Å². The molecule has 16 heavy (non-hydrogen) atoms. The van der Waals surface area contributed by atoms with Crippen molar-refractivity contribution < 1.29 is 4.79 Å². The first kappa shape index (κ1) is 10.8. The fourth-order valence-electron chi connectivity index (χ4n) is 4.94. The van der Waals surface area contributed by atoms with Crippen LogP contribution in [-0.4, -0.2) is 5.78 Å². The van der Waals surface area contributed by atoms with Crippen LogP contribution >= 0.6 is 0 Å². The molecule has 1 unspecified atom stereocenters. The molecule has 90 valence electrons. The van der Waals surface area contributed by atoms with Crippen molar-refractivity contribution in [2.45, 2.75) is 52.4 Å². The van der Waals surface area contributed by atoms with Crippen LogP contribution in [0.2, 0.25) is 0 Å². The third-order valence-electron chi connectivity index (χ3n) is 5.68. The number of fused-ring (bicyclic) bond motifs is 2. The Morgan fingerprint density at radius 2 is 1.56 bits per heavy atom. The Hall–Kier alpha value is -0.330. The van der Waals surface area contributed by atoms with E-state index in [9.17, 15) is 4.79 Å². The highest BCUT2D eigenvalue weighted by molar-refractivity contribution is 5.83. The van der Waals surface area contributed by atoms with Crippen molar-refractivity contribution >= 4 is 5.78 Å². The summed E-state index contributed by atoms with van der Waals surface area (Å²) in [7, 11) is 0.